The van der Waals surface area contributed by atoms with E-state index in [1.165, 1.54) is 0 Å². The molecule has 1 fully saturated rings. The molecule has 0 aliphatic carbocycles. The molecule has 1 heterocycles. The Balaban J connectivity index is 1.43. The van der Waals surface area contributed by atoms with Crippen molar-refractivity contribution in [3.8, 4) is 17.2 Å². The first-order valence-corrected chi connectivity index (χ1v) is 10.2. The molecule has 7 nitrogen and oxygen atoms in total. The highest BCUT2D eigenvalue weighted by molar-refractivity contribution is 5.58. The molecule has 0 aromatic heterocycles. The summed E-state index contributed by atoms with van der Waals surface area (Å²) < 4.78 is 21.8. The van der Waals surface area contributed by atoms with Crippen molar-refractivity contribution in [2.45, 2.75) is 12.7 Å². The van der Waals surface area contributed by atoms with E-state index in [1.807, 2.05) is 36.4 Å². The third kappa shape index (κ3) is 5.78. The van der Waals surface area contributed by atoms with Gasteiger partial charge in [0.2, 0.25) is 0 Å². The maximum atomic E-state index is 10.4. The molecule has 0 spiro atoms. The standard InChI is InChI=1S/C23H32N2O5/c1-27-20-8-9-22(28-2)18(14-20)16-30-17-19(26)15-24-10-12-25(13-11-24)21-6-4-5-7-23(21)29-3/h4-9,14,19,26H,10-13,15-17H2,1-3H3/t19-/m1/s1. The Kier molecular flexibility index (Phi) is 8.19. The van der Waals surface area contributed by atoms with Gasteiger partial charge in [-0.3, -0.25) is 4.90 Å². The number of benzene rings is 2. The average Bonchev–Trinajstić information content (AvgIpc) is 2.79. The van der Waals surface area contributed by atoms with Crippen LogP contribution in [0.2, 0.25) is 0 Å². The van der Waals surface area contributed by atoms with E-state index in [-0.39, 0.29) is 6.61 Å². The van der Waals surface area contributed by atoms with Crippen molar-refractivity contribution in [3.63, 3.8) is 0 Å². The number of aliphatic hydroxyl groups excluding tert-OH is 1. The van der Waals surface area contributed by atoms with E-state index in [9.17, 15) is 5.11 Å². The Morgan fingerprint density at radius 2 is 1.63 bits per heavy atom. The van der Waals surface area contributed by atoms with Gasteiger partial charge in [-0.15, -0.1) is 0 Å². The molecular formula is C23H32N2O5. The smallest absolute Gasteiger partial charge is 0.142 e. The van der Waals surface area contributed by atoms with Crippen LogP contribution >= 0.6 is 0 Å². The molecule has 7 heteroatoms. The molecule has 164 valence electrons. The number of rotatable bonds is 10. The lowest BCUT2D eigenvalue weighted by atomic mass is 10.2. The third-order valence-electron chi connectivity index (χ3n) is 5.32. The van der Waals surface area contributed by atoms with E-state index in [0.717, 1.165) is 54.7 Å². The van der Waals surface area contributed by atoms with Crippen molar-refractivity contribution in [3.05, 3.63) is 48.0 Å². The van der Waals surface area contributed by atoms with Crippen molar-refractivity contribution in [1.29, 1.82) is 0 Å². The van der Waals surface area contributed by atoms with Crippen LogP contribution in [0.25, 0.3) is 0 Å². The van der Waals surface area contributed by atoms with Crippen LogP contribution in [-0.2, 0) is 11.3 Å². The molecule has 0 bridgehead atoms. The largest absolute Gasteiger partial charge is 0.497 e. The summed E-state index contributed by atoms with van der Waals surface area (Å²) in [5.41, 5.74) is 2.02. The SMILES string of the molecule is COc1ccc(OC)c(COC[C@H](O)CN2CCN(c3ccccc3OC)CC2)c1. The summed E-state index contributed by atoms with van der Waals surface area (Å²) in [7, 11) is 4.96. The lowest BCUT2D eigenvalue weighted by Crippen LogP contribution is -2.49. The summed E-state index contributed by atoms with van der Waals surface area (Å²) in [6.07, 6.45) is -0.542. The normalized spacial score (nSPS) is 15.7. The predicted octanol–water partition coefficient (Wildman–Crippen LogP) is 2.41. The lowest BCUT2D eigenvalue weighted by molar-refractivity contribution is 0.00861. The minimum atomic E-state index is -0.542. The van der Waals surface area contributed by atoms with Crippen LogP contribution in [0, 0.1) is 0 Å². The van der Waals surface area contributed by atoms with Gasteiger partial charge >= 0.3 is 0 Å². The molecule has 30 heavy (non-hydrogen) atoms. The molecular weight excluding hydrogens is 384 g/mol. The van der Waals surface area contributed by atoms with Crippen LogP contribution < -0.4 is 19.1 Å². The molecule has 3 rings (SSSR count). The summed E-state index contributed by atoms with van der Waals surface area (Å²) in [6, 6.07) is 13.7. The summed E-state index contributed by atoms with van der Waals surface area (Å²) in [4.78, 5) is 4.60. The highest BCUT2D eigenvalue weighted by Crippen LogP contribution is 2.28. The molecule has 0 radical (unpaired) electrons. The van der Waals surface area contributed by atoms with Crippen molar-refractivity contribution >= 4 is 5.69 Å². The van der Waals surface area contributed by atoms with E-state index >= 15 is 0 Å². The number of hydrogen-bond donors (Lipinski definition) is 1. The van der Waals surface area contributed by atoms with Gasteiger partial charge in [-0.05, 0) is 30.3 Å². The minimum absolute atomic E-state index is 0.271. The summed E-state index contributed by atoms with van der Waals surface area (Å²) in [6.45, 7) is 4.79. The van der Waals surface area contributed by atoms with Crippen molar-refractivity contribution < 1.29 is 24.1 Å². The Hall–Kier alpha value is -2.48. The Morgan fingerprint density at radius 3 is 2.33 bits per heavy atom. The maximum Gasteiger partial charge on any atom is 0.142 e. The second kappa shape index (κ2) is 11.1. The van der Waals surface area contributed by atoms with Crippen molar-refractivity contribution in [2.24, 2.45) is 0 Å². The number of β-amino-alcohol motifs (C(OH)–C–C–N with tert-alkyl or cyclic N) is 1. The van der Waals surface area contributed by atoms with Crippen LogP contribution in [0.1, 0.15) is 5.56 Å². The van der Waals surface area contributed by atoms with Crippen LogP contribution in [-0.4, -0.2) is 76.8 Å². The molecule has 1 atom stereocenters. The van der Waals surface area contributed by atoms with Gasteiger partial charge in [0.1, 0.15) is 17.2 Å². The van der Waals surface area contributed by atoms with E-state index in [2.05, 4.69) is 15.9 Å². The van der Waals surface area contributed by atoms with Gasteiger partial charge < -0.3 is 29.0 Å². The highest BCUT2D eigenvalue weighted by Gasteiger charge is 2.21. The molecule has 2 aromatic carbocycles. The summed E-state index contributed by atoms with van der Waals surface area (Å²) >= 11 is 0. The highest BCUT2D eigenvalue weighted by atomic mass is 16.5. The van der Waals surface area contributed by atoms with E-state index < -0.39 is 6.10 Å². The predicted molar refractivity (Wildman–Crippen MR) is 117 cm³/mol. The van der Waals surface area contributed by atoms with Gasteiger partial charge in [0.25, 0.3) is 0 Å². The molecule has 1 aliphatic heterocycles. The van der Waals surface area contributed by atoms with Crippen LogP contribution in [0.5, 0.6) is 17.2 Å². The zero-order valence-corrected chi connectivity index (χ0v) is 18.0. The second-order valence-electron chi connectivity index (χ2n) is 7.31. The molecule has 1 saturated heterocycles. The number of ether oxygens (including phenoxy) is 4. The molecule has 0 amide bonds. The number of piperazine rings is 1. The second-order valence-corrected chi connectivity index (χ2v) is 7.31. The van der Waals surface area contributed by atoms with Crippen molar-refractivity contribution in [1.82, 2.24) is 4.90 Å². The number of methoxy groups -OCH3 is 3. The Labute approximate surface area is 178 Å². The number of nitrogens with zero attached hydrogens (tertiary/aromatic N) is 2. The van der Waals surface area contributed by atoms with Gasteiger partial charge in [0, 0.05) is 38.3 Å². The van der Waals surface area contributed by atoms with Crippen LogP contribution in [0.15, 0.2) is 42.5 Å². The number of hydrogen-bond acceptors (Lipinski definition) is 7. The average molecular weight is 417 g/mol. The first-order valence-electron chi connectivity index (χ1n) is 10.2. The lowest BCUT2D eigenvalue weighted by Gasteiger charge is -2.37. The quantitative estimate of drug-likeness (QED) is 0.638. The molecule has 0 unspecified atom stereocenters. The summed E-state index contributed by atoms with van der Waals surface area (Å²) in [5.74, 6) is 2.40. The summed E-state index contributed by atoms with van der Waals surface area (Å²) in [5, 5.41) is 10.4. The maximum absolute atomic E-state index is 10.4. The molecule has 2 aromatic rings. The molecule has 0 saturated carbocycles. The Morgan fingerprint density at radius 1 is 0.900 bits per heavy atom. The fraction of sp³-hybridized carbons (Fsp3) is 0.478. The fourth-order valence-corrected chi connectivity index (χ4v) is 3.71. The fourth-order valence-electron chi connectivity index (χ4n) is 3.71. The first kappa shape index (κ1) is 22.2. The molecule has 1 aliphatic rings. The number of para-hydroxylation sites is 2. The number of aliphatic hydroxyl groups is 1. The zero-order valence-electron chi connectivity index (χ0n) is 18.0. The zero-order chi connectivity index (χ0) is 21.3. The van der Waals surface area contributed by atoms with E-state index in [0.29, 0.717) is 13.2 Å². The minimum Gasteiger partial charge on any atom is -0.497 e. The van der Waals surface area contributed by atoms with Crippen molar-refractivity contribution in [2.75, 3.05) is 65.6 Å². The van der Waals surface area contributed by atoms with E-state index in [1.54, 1.807) is 21.3 Å². The first-order chi connectivity index (χ1) is 14.6. The van der Waals surface area contributed by atoms with Gasteiger partial charge in [0.05, 0.1) is 46.3 Å². The van der Waals surface area contributed by atoms with Crippen LogP contribution in [0.4, 0.5) is 5.69 Å². The monoisotopic (exact) mass is 416 g/mol. The van der Waals surface area contributed by atoms with E-state index in [4.69, 9.17) is 18.9 Å². The van der Waals surface area contributed by atoms with Gasteiger partial charge in [-0.2, -0.15) is 0 Å². The van der Waals surface area contributed by atoms with Gasteiger partial charge in [-0.1, -0.05) is 12.1 Å². The Bertz CT molecular complexity index is 793. The topological polar surface area (TPSA) is 63.6 Å². The molecule has 1 N–H and O–H groups in total. The van der Waals surface area contributed by atoms with Gasteiger partial charge in [-0.25, -0.2) is 0 Å². The van der Waals surface area contributed by atoms with Gasteiger partial charge in [0.15, 0.2) is 0 Å². The third-order valence-corrected chi connectivity index (χ3v) is 5.32. The number of anilines is 1. The van der Waals surface area contributed by atoms with Crippen LogP contribution in [0.3, 0.4) is 0 Å².